The van der Waals surface area contributed by atoms with Gasteiger partial charge in [-0.3, -0.25) is 40.0 Å². The number of hydrogen-bond acceptors (Lipinski definition) is 15. The SMILES string of the molecule is BrC1=NC2C=NCC2S1.CC(C)(C)OC(=O)CN1N=C(C(N)=O)C2N=C(Br)SC21.N#CC1=NNC2SC(Br)=NC12. The number of nitrogens with one attached hydrogen (secondary N) is 1. The van der Waals surface area contributed by atoms with Crippen LogP contribution >= 0.6 is 83.1 Å². The maximum Gasteiger partial charge on any atom is 0.327 e. The first-order chi connectivity index (χ1) is 18.8. The van der Waals surface area contributed by atoms with Crippen molar-refractivity contribution in [3.63, 3.8) is 0 Å². The van der Waals surface area contributed by atoms with Gasteiger partial charge in [0.1, 0.15) is 58.9 Å². The number of primary amides is 1. The Labute approximate surface area is 268 Å². The van der Waals surface area contributed by atoms with Gasteiger partial charge in [-0.15, -0.1) is 0 Å². The summed E-state index contributed by atoms with van der Waals surface area (Å²) in [6.45, 7) is 6.27. The Morgan fingerprint density at radius 2 is 1.82 bits per heavy atom. The third-order valence-electron chi connectivity index (χ3n) is 5.38. The summed E-state index contributed by atoms with van der Waals surface area (Å²) in [6.07, 6.45) is 1.94. The molecule has 0 aliphatic carbocycles. The first kappa shape index (κ1) is 31.5. The highest BCUT2D eigenvalue weighted by Gasteiger charge is 2.45. The van der Waals surface area contributed by atoms with E-state index in [1.54, 1.807) is 44.3 Å². The van der Waals surface area contributed by atoms with Crippen molar-refractivity contribution in [2.45, 2.75) is 60.5 Å². The van der Waals surface area contributed by atoms with Gasteiger partial charge in [0.25, 0.3) is 5.91 Å². The average Bonchev–Trinajstić information content (AvgIpc) is 3.65. The molecule has 6 aliphatic rings. The maximum atomic E-state index is 11.9. The van der Waals surface area contributed by atoms with Gasteiger partial charge in [0, 0.05) is 6.21 Å². The zero-order chi connectivity index (χ0) is 29.2. The number of nitriles is 1. The van der Waals surface area contributed by atoms with Crippen LogP contribution in [0.25, 0.3) is 0 Å². The van der Waals surface area contributed by atoms with Gasteiger partial charge in [-0.25, -0.2) is 0 Å². The zero-order valence-corrected chi connectivity index (χ0v) is 28.4. The number of esters is 1. The largest absolute Gasteiger partial charge is 0.459 e. The highest BCUT2D eigenvalue weighted by Crippen LogP contribution is 2.37. The summed E-state index contributed by atoms with van der Waals surface area (Å²) in [6, 6.07) is 1.85. The van der Waals surface area contributed by atoms with Crippen LogP contribution in [-0.4, -0.2) is 99.2 Å². The number of ether oxygens (including phenoxy) is 1. The lowest BCUT2D eigenvalue weighted by atomic mass is 10.2. The molecule has 0 spiro atoms. The molecule has 6 rings (SSSR count). The fraction of sp³-hybridized carbons (Fsp3) is 0.571. The number of hydrazone groups is 2. The van der Waals surface area contributed by atoms with Gasteiger partial charge in [0.05, 0.1) is 11.8 Å². The molecule has 6 unspecified atom stereocenters. The van der Waals surface area contributed by atoms with Crippen LogP contribution in [0.5, 0.6) is 0 Å². The van der Waals surface area contributed by atoms with E-state index in [2.05, 4.69) is 83.4 Å². The summed E-state index contributed by atoms with van der Waals surface area (Å²) in [4.78, 5) is 40.1. The normalized spacial score (nSPS) is 30.5. The van der Waals surface area contributed by atoms with Crippen LogP contribution in [0.1, 0.15) is 20.8 Å². The monoisotopic (exact) mass is 796 g/mol. The van der Waals surface area contributed by atoms with Gasteiger partial charge in [0.15, 0.2) is 11.4 Å². The van der Waals surface area contributed by atoms with Gasteiger partial charge >= 0.3 is 5.97 Å². The number of hydrogen-bond donors (Lipinski definition) is 2. The van der Waals surface area contributed by atoms with Crippen molar-refractivity contribution in [2.24, 2.45) is 35.9 Å². The van der Waals surface area contributed by atoms with Crippen LogP contribution in [-0.2, 0) is 14.3 Å². The molecule has 40 heavy (non-hydrogen) atoms. The minimum atomic E-state index is -0.627. The molecule has 0 bridgehead atoms. The number of carbonyl (C=O) groups is 2. The number of carbonyl (C=O) groups excluding carboxylic acids is 2. The molecule has 0 saturated carbocycles. The Hall–Kier alpha value is -1.46. The highest BCUT2D eigenvalue weighted by molar-refractivity contribution is 9.22. The van der Waals surface area contributed by atoms with E-state index in [9.17, 15) is 9.59 Å². The number of halogens is 3. The molecule has 0 saturated heterocycles. The lowest BCUT2D eigenvalue weighted by Crippen LogP contribution is -2.38. The molecule has 0 aromatic carbocycles. The van der Waals surface area contributed by atoms with Gasteiger partial charge in [0.2, 0.25) is 0 Å². The fourth-order valence-electron chi connectivity index (χ4n) is 3.81. The van der Waals surface area contributed by atoms with Crippen molar-refractivity contribution in [2.75, 3.05) is 13.1 Å². The van der Waals surface area contributed by atoms with Crippen molar-refractivity contribution in [3.8, 4) is 6.07 Å². The van der Waals surface area contributed by atoms with Crippen molar-refractivity contribution in [1.29, 1.82) is 5.26 Å². The Morgan fingerprint density at radius 1 is 1.15 bits per heavy atom. The molecular weight excluding hydrogens is 776 g/mol. The van der Waals surface area contributed by atoms with Crippen LogP contribution in [0, 0.1) is 11.3 Å². The molecule has 13 nitrogen and oxygen atoms in total. The van der Waals surface area contributed by atoms with Crippen LogP contribution in [0.3, 0.4) is 0 Å². The number of fused-ring (bicyclic) bond motifs is 3. The Balaban J connectivity index is 0.000000154. The smallest absolute Gasteiger partial charge is 0.327 e. The summed E-state index contributed by atoms with van der Waals surface area (Å²) in [5.74, 6) is -1.03. The third kappa shape index (κ3) is 7.88. The van der Waals surface area contributed by atoms with E-state index in [0.29, 0.717) is 21.0 Å². The second kappa shape index (κ2) is 13.2. The first-order valence-corrected chi connectivity index (χ1v) is 16.7. The molecule has 6 aliphatic heterocycles. The highest BCUT2D eigenvalue weighted by atomic mass is 79.9. The topological polar surface area (TPSA) is 183 Å². The van der Waals surface area contributed by atoms with Crippen LogP contribution < -0.4 is 11.2 Å². The summed E-state index contributed by atoms with van der Waals surface area (Å²) < 4.78 is 7.78. The minimum Gasteiger partial charge on any atom is -0.459 e. The standard InChI is InChI=1S/C11H15BrN4O3S.C5H3BrN4S.C5H5BrN2S/c1-11(2,3)19-5(17)4-16-9-7(14-10(12)20-9)6(15-16)8(13)18;6-5-8-3-2(1-7)9-10-4(3)11-5;6-5-8-3-1-7-2-4(3)9-5/h7,9H,4H2,1-3H3,(H2,13,18);3-4,10H;1,3-4H,2H2. The van der Waals surface area contributed by atoms with E-state index >= 15 is 0 Å². The molecule has 214 valence electrons. The molecule has 6 heterocycles. The molecule has 0 radical (unpaired) electrons. The van der Waals surface area contributed by atoms with Crippen LogP contribution in [0.2, 0.25) is 0 Å². The molecule has 19 heteroatoms. The number of aliphatic imine (C=N–C) groups is 4. The number of nitrogens with two attached hydrogens (primary N) is 1. The van der Waals surface area contributed by atoms with E-state index in [1.165, 1.54) is 16.8 Å². The van der Waals surface area contributed by atoms with Gasteiger partial charge < -0.3 is 10.5 Å². The Bertz CT molecular complexity index is 1290. The average molecular weight is 799 g/mol. The van der Waals surface area contributed by atoms with Crippen molar-refractivity contribution in [1.82, 2.24) is 10.4 Å². The number of rotatable bonds is 3. The molecule has 3 N–H and O–H groups in total. The van der Waals surface area contributed by atoms with Crippen molar-refractivity contribution < 1.29 is 14.3 Å². The van der Waals surface area contributed by atoms with Crippen molar-refractivity contribution >= 4 is 124 Å². The van der Waals surface area contributed by atoms with E-state index in [0.717, 1.165) is 14.5 Å². The molecule has 0 aromatic heterocycles. The molecule has 6 atom stereocenters. The minimum absolute atomic E-state index is 0.0436. The lowest BCUT2D eigenvalue weighted by molar-refractivity contribution is -0.156. The van der Waals surface area contributed by atoms with Gasteiger partial charge in [-0.05, 0) is 68.6 Å². The molecule has 0 fully saturated rings. The van der Waals surface area contributed by atoms with Crippen LogP contribution in [0.15, 0.2) is 30.2 Å². The Morgan fingerprint density at radius 3 is 2.48 bits per heavy atom. The molecule has 0 aromatic rings. The number of thioether (sulfide) groups is 3. The summed E-state index contributed by atoms with van der Waals surface area (Å²) in [5, 5.41) is 18.5. The zero-order valence-electron chi connectivity index (χ0n) is 21.2. The Kier molecular flexibility index (Phi) is 10.4. The second-order valence-corrected chi connectivity index (χ2v) is 16.8. The maximum absolute atomic E-state index is 11.9. The quantitative estimate of drug-likeness (QED) is 0.406. The predicted molar refractivity (Wildman–Crippen MR) is 173 cm³/mol. The van der Waals surface area contributed by atoms with E-state index < -0.39 is 23.5 Å². The van der Waals surface area contributed by atoms with Crippen molar-refractivity contribution in [3.05, 3.63) is 0 Å². The second-order valence-electron chi connectivity index (χ2n) is 9.52. The summed E-state index contributed by atoms with van der Waals surface area (Å²) >= 11 is 14.6. The molecule has 1 amide bonds. The van der Waals surface area contributed by atoms with Gasteiger partial charge in [-0.2, -0.15) is 15.5 Å². The van der Waals surface area contributed by atoms with E-state index in [1.807, 2.05) is 12.3 Å². The third-order valence-corrected chi connectivity index (χ3v) is 10.7. The predicted octanol–water partition coefficient (Wildman–Crippen LogP) is 2.64. The number of amides is 1. The van der Waals surface area contributed by atoms with E-state index in [-0.39, 0.29) is 29.0 Å². The lowest BCUT2D eigenvalue weighted by Gasteiger charge is -2.24. The van der Waals surface area contributed by atoms with E-state index in [4.69, 9.17) is 15.7 Å². The van der Waals surface area contributed by atoms with Gasteiger partial charge in [-0.1, -0.05) is 35.3 Å². The molecular formula is C21H23Br3N10O3S3. The number of nitrogens with zero attached hydrogens (tertiary/aromatic N) is 8. The first-order valence-electron chi connectivity index (χ1n) is 11.6. The van der Waals surface area contributed by atoms with Crippen LogP contribution in [0.4, 0.5) is 0 Å². The summed E-state index contributed by atoms with van der Waals surface area (Å²) in [7, 11) is 0. The fourth-order valence-corrected chi connectivity index (χ4v) is 8.99. The summed E-state index contributed by atoms with van der Waals surface area (Å²) in [5.41, 5.74) is 8.19.